The van der Waals surface area contributed by atoms with E-state index in [9.17, 15) is 0 Å². The minimum Gasteiger partial charge on any atom is -0.497 e. The highest BCUT2D eigenvalue weighted by molar-refractivity contribution is 5.27. The van der Waals surface area contributed by atoms with E-state index in [2.05, 4.69) is 50.0 Å². The van der Waals surface area contributed by atoms with Crippen molar-refractivity contribution in [2.45, 2.75) is 45.8 Å². The number of ether oxygens (including phenoxy) is 1. The fraction of sp³-hybridized carbons (Fsp3) is 0.647. The summed E-state index contributed by atoms with van der Waals surface area (Å²) in [5, 5.41) is 3.66. The van der Waals surface area contributed by atoms with Gasteiger partial charge in [-0.1, -0.05) is 26.0 Å². The van der Waals surface area contributed by atoms with Crippen LogP contribution in [0.5, 0.6) is 5.75 Å². The maximum Gasteiger partial charge on any atom is 0.118 e. The minimum absolute atomic E-state index is 0.192. The average molecular weight is 276 g/mol. The van der Waals surface area contributed by atoms with Gasteiger partial charge in [-0.15, -0.1) is 0 Å². The van der Waals surface area contributed by atoms with Crippen molar-refractivity contribution in [3.8, 4) is 5.75 Å². The Morgan fingerprint density at radius 3 is 2.50 bits per heavy atom. The van der Waals surface area contributed by atoms with Crippen LogP contribution in [0, 0.1) is 5.92 Å². The first kappa shape index (κ1) is 15.3. The molecule has 1 aromatic rings. The third-order valence-electron chi connectivity index (χ3n) is 4.17. The van der Waals surface area contributed by atoms with E-state index in [0.717, 1.165) is 25.4 Å². The summed E-state index contributed by atoms with van der Waals surface area (Å²) in [4.78, 5) is 2.61. The van der Waals surface area contributed by atoms with Gasteiger partial charge in [0.1, 0.15) is 5.75 Å². The molecule has 0 aromatic heterocycles. The van der Waals surface area contributed by atoms with Crippen LogP contribution >= 0.6 is 0 Å². The average Bonchev–Trinajstić information content (AvgIpc) is 2.38. The third kappa shape index (κ3) is 3.74. The predicted octanol–water partition coefficient (Wildman–Crippen LogP) is 2.90. The van der Waals surface area contributed by atoms with E-state index in [4.69, 9.17) is 4.74 Å². The Balaban J connectivity index is 2.09. The first-order chi connectivity index (χ1) is 9.41. The number of benzene rings is 1. The van der Waals surface area contributed by atoms with Gasteiger partial charge in [0, 0.05) is 31.2 Å². The molecule has 3 nitrogen and oxygen atoms in total. The van der Waals surface area contributed by atoms with E-state index in [1.165, 1.54) is 5.56 Å². The van der Waals surface area contributed by atoms with Crippen molar-refractivity contribution in [1.82, 2.24) is 10.2 Å². The van der Waals surface area contributed by atoms with Crippen molar-refractivity contribution in [3.05, 3.63) is 29.8 Å². The molecule has 0 radical (unpaired) electrons. The van der Waals surface area contributed by atoms with Crippen LogP contribution in [0.4, 0.5) is 0 Å². The van der Waals surface area contributed by atoms with Crippen LogP contribution < -0.4 is 10.1 Å². The maximum absolute atomic E-state index is 5.23. The number of rotatable bonds is 4. The zero-order valence-electron chi connectivity index (χ0n) is 13.4. The van der Waals surface area contributed by atoms with Crippen molar-refractivity contribution in [3.63, 3.8) is 0 Å². The molecule has 0 bridgehead atoms. The Bertz CT molecular complexity index is 425. The van der Waals surface area contributed by atoms with Gasteiger partial charge in [0.25, 0.3) is 0 Å². The fourth-order valence-corrected chi connectivity index (χ4v) is 2.99. The number of piperazine rings is 1. The highest BCUT2D eigenvalue weighted by atomic mass is 16.5. The second-order valence-electron chi connectivity index (χ2n) is 6.83. The lowest BCUT2D eigenvalue weighted by molar-refractivity contribution is 0.0627. The number of nitrogens with zero attached hydrogens (tertiary/aromatic N) is 1. The molecular formula is C17H28N2O. The number of methoxy groups -OCH3 is 1. The Hall–Kier alpha value is -1.06. The first-order valence-corrected chi connectivity index (χ1v) is 7.53. The quantitative estimate of drug-likeness (QED) is 0.915. The van der Waals surface area contributed by atoms with Gasteiger partial charge in [0.05, 0.1) is 7.11 Å². The van der Waals surface area contributed by atoms with Crippen LogP contribution in [0.2, 0.25) is 0 Å². The van der Waals surface area contributed by atoms with Crippen molar-refractivity contribution < 1.29 is 4.74 Å². The molecule has 2 rings (SSSR count). The first-order valence-electron chi connectivity index (χ1n) is 7.53. The van der Waals surface area contributed by atoms with Crippen LogP contribution in [0.25, 0.3) is 0 Å². The minimum atomic E-state index is 0.192. The van der Waals surface area contributed by atoms with Crippen molar-refractivity contribution in [1.29, 1.82) is 0 Å². The lowest BCUT2D eigenvalue weighted by Gasteiger charge is -2.46. The largest absolute Gasteiger partial charge is 0.497 e. The smallest absolute Gasteiger partial charge is 0.118 e. The summed E-state index contributed by atoms with van der Waals surface area (Å²) in [5.74, 6) is 1.59. The standard InChI is InChI=1S/C17H28N2O/c1-13(2)16-10-18-17(3,4)12-19(16)11-14-6-8-15(20-5)9-7-14/h6-9,13,16,18H,10-12H2,1-5H3. The van der Waals surface area contributed by atoms with Gasteiger partial charge < -0.3 is 10.1 Å². The van der Waals surface area contributed by atoms with E-state index in [0.29, 0.717) is 12.0 Å². The molecule has 1 aromatic carbocycles. The summed E-state index contributed by atoms with van der Waals surface area (Å²) in [6, 6.07) is 9.04. The Labute approximate surface area is 123 Å². The van der Waals surface area contributed by atoms with Crippen LogP contribution in [-0.4, -0.2) is 36.7 Å². The molecule has 1 fully saturated rings. The van der Waals surface area contributed by atoms with Crippen molar-refractivity contribution in [2.75, 3.05) is 20.2 Å². The summed E-state index contributed by atoms with van der Waals surface area (Å²) >= 11 is 0. The van der Waals surface area contributed by atoms with E-state index < -0.39 is 0 Å². The molecule has 1 aliphatic heterocycles. The SMILES string of the molecule is COc1ccc(CN2CC(C)(C)NCC2C(C)C)cc1. The topological polar surface area (TPSA) is 24.5 Å². The molecule has 1 atom stereocenters. The Morgan fingerprint density at radius 1 is 1.30 bits per heavy atom. The van der Waals surface area contributed by atoms with Gasteiger partial charge in [0.2, 0.25) is 0 Å². The molecule has 1 heterocycles. The van der Waals surface area contributed by atoms with Gasteiger partial charge in [-0.3, -0.25) is 4.90 Å². The monoisotopic (exact) mass is 276 g/mol. The molecule has 112 valence electrons. The van der Waals surface area contributed by atoms with Gasteiger partial charge in [-0.25, -0.2) is 0 Å². The molecule has 3 heteroatoms. The second-order valence-corrected chi connectivity index (χ2v) is 6.83. The Kier molecular flexibility index (Phi) is 4.71. The summed E-state index contributed by atoms with van der Waals surface area (Å²) in [5.41, 5.74) is 1.55. The summed E-state index contributed by atoms with van der Waals surface area (Å²) in [7, 11) is 1.71. The normalized spacial score (nSPS) is 23.0. The summed E-state index contributed by atoms with van der Waals surface area (Å²) < 4.78 is 5.23. The molecule has 1 saturated heterocycles. The molecule has 0 aliphatic carbocycles. The molecule has 1 N–H and O–H groups in total. The predicted molar refractivity (Wildman–Crippen MR) is 84.1 cm³/mol. The zero-order valence-corrected chi connectivity index (χ0v) is 13.4. The number of hydrogen-bond acceptors (Lipinski definition) is 3. The highest BCUT2D eigenvalue weighted by Crippen LogP contribution is 2.23. The lowest BCUT2D eigenvalue weighted by Crippen LogP contribution is -2.62. The molecule has 0 amide bonds. The number of nitrogens with one attached hydrogen (secondary N) is 1. The van der Waals surface area contributed by atoms with E-state index in [1.54, 1.807) is 7.11 Å². The van der Waals surface area contributed by atoms with Crippen LogP contribution in [0.3, 0.4) is 0 Å². The van der Waals surface area contributed by atoms with Gasteiger partial charge in [-0.05, 0) is 37.5 Å². The van der Waals surface area contributed by atoms with Gasteiger partial charge in [-0.2, -0.15) is 0 Å². The number of hydrogen-bond donors (Lipinski definition) is 1. The third-order valence-corrected chi connectivity index (χ3v) is 4.17. The Morgan fingerprint density at radius 2 is 1.95 bits per heavy atom. The molecule has 1 unspecified atom stereocenters. The van der Waals surface area contributed by atoms with Gasteiger partial charge >= 0.3 is 0 Å². The maximum atomic E-state index is 5.23. The van der Waals surface area contributed by atoms with Crippen LogP contribution in [0.15, 0.2) is 24.3 Å². The summed E-state index contributed by atoms with van der Waals surface area (Å²) in [6.45, 7) is 12.4. The van der Waals surface area contributed by atoms with Crippen LogP contribution in [-0.2, 0) is 6.54 Å². The molecular weight excluding hydrogens is 248 g/mol. The van der Waals surface area contributed by atoms with E-state index >= 15 is 0 Å². The van der Waals surface area contributed by atoms with Crippen molar-refractivity contribution in [2.24, 2.45) is 5.92 Å². The molecule has 20 heavy (non-hydrogen) atoms. The lowest BCUT2D eigenvalue weighted by atomic mass is 9.92. The van der Waals surface area contributed by atoms with Crippen molar-refractivity contribution >= 4 is 0 Å². The van der Waals surface area contributed by atoms with E-state index in [-0.39, 0.29) is 5.54 Å². The summed E-state index contributed by atoms with van der Waals surface area (Å²) in [6.07, 6.45) is 0. The van der Waals surface area contributed by atoms with Gasteiger partial charge in [0.15, 0.2) is 0 Å². The van der Waals surface area contributed by atoms with Crippen LogP contribution in [0.1, 0.15) is 33.3 Å². The van der Waals surface area contributed by atoms with E-state index in [1.807, 2.05) is 12.1 Å². The molecule has 0 spiro atoms. The second kappa shape index (κ2) is 6.15. The zero-order chi connectivity index (χ0) is 14.8. The fourth-order valence-electron chi connectivity index (χ4n) is 2.99. The molecule has 0 saturated carbocycles. The molecule has 1 aliphatic rings. The highest BCUT2D eigenvalue weighted by Gasteiger charge is 2.33.